The van der Waals surface area contributed by atoms with Crippen LogP contribution in [0.25, 0.3) is 0 Å². The third kappa shape index (κ3) is 3.96. The van der Waals surface area contributed by atoms with Gasteiger partial charge in [-0.25, -0.2) is 13.1 Å². The molecule has 2 aliphatic rings. The smallest absolute Gasteiger partial charge is 0.267 e. The number of hydrogen-bond acceptors (Lipinski definition) is 5. The maximum Gasteiger partial charge on any atom is 0.279 e. The van der Waals surface area contributed by atoms with Crippen LogP contribution >= 0.6 is 11.3 Å². The molecule has 1 aromatic heterocycles. The van der Waals surface area contributed by atoms with E-state index in [1.807, 2.05) is 6.07 Å². The fraction of sp³-hybridized carbons (Fsp3) is 0.368. The van der Waals surface area contributed by atoms with Gasteiger partial charge in [-0.05, 0) is 68.4 Å². The number of rotatable bonds is 5. The summed E-state index contributed by atoms with van der Waals surface area (Å²) in [5, 5.41) is 0. The van der Waals surface area contributed by atoms with Crippen molar-refractivity contribution in [3.8, 4) is 0 Å². The quantitative estimate of drug-likeness (QED) is 0.645. The zero-order valence-corrected chi connectivity index (χ0v) is 17.0. The number of amides is 2. The van der Waals surface area contributed by atoms with Gasteiger partial charge in [0.25, 0.3) is 11.8 Å². The van der Waals surface area contributed by atoms with Gasteiger partial charge in [0, 0.05) is 16.5 Å². The van der Waals surface area contributed by atoms with Crippen molar-refractivity contribution in [1.82, 2.24) is 15.6 Å². The Morgan fingerprint density at radius 1 is 1.07 bits per heavy atom. The lowest BCUT2D eigenvalue weighted by atomic mass is 10.1. The maximum absolute atomic E-state index is 12.5. The molecule has 2 amide bonds. The zero-order chi connectivity index (χ0) is 19.9. The molecule has 0 saturated heterocycles. The van der Waals surface area contributed by atoms with Gasteiger partial charge in [-0.1, -0.05) is 6.07 Å². The third-order valence-electron chi connectivity index (χ3n) is 4.92. The highest BCUT2D eigenvalue weighted by atomic mass is 32.2. The summed E-state index contributed by atoms with van der Waals surface area (Å²) < 4.78 is 27.3. The van der Waals surface area contributed by atoms with Crippen molar-refractivity contribution in [3.63, 3.8) is 0 Å². The second-order valence-electron chi connectivity index (χ2n) is 7.19. The van der Waals surface area contributed by atoms with Crippen LogP contribution in [0.4, 0.5) is 0 Å². The first-order valence-corrected chi connectivity index (χ1v) is 11.5. The number of hydrogen-bond donors (Lipinski definition) is 3. The lowest BCUT2D eigenvalue weighted by Gasteiger charge is -2.11. The average molecular weight is 420 g/mol. The van der Waals surface area contributed by atoms with E-state index in [4.69, 9.17) is 0 Å². The van der Waals surface area contributed by atoms with Crippen LogP contribution in [-0.2, 0) is 22.9 Å². The second kappa shape index (κ2) is 7.31. The first-order chi connectivity index (χ1) is 13.3. The van der Waals surface area contributed by atoms with E-state index in [-0.39, 0.29) is 22.4 Å². The molecule has 2 aliphatic carbocycles. The molecule has 1 aromatic carbocycles. The summed E-state index contributed by atoms with van der Waals surface area (Å²) in [5.41, 5.74) is 6.83. The third-order valence-corrected chi connectivity index (χ3v) is 7.68. The Morgan fingerprint density at radius 3 is 2.54 bits per heavy atom. The molecular formula is C19H21N3O4S2. The summed E-state index contributed by atoms with van der Waals surface area (Å²) in [5.74, 6) is -0.928. The van der Waals surface area contributed by atoms with Gasteiger partial charge in [-0.15, -0.1) is 11.3 Å². The number of sulfonamides is 1. The monoisotopic (exact) mass is 419 g/mol. The zero-order valence-electron chi connectivity index (χ0n) is 15.4. The van der Waals surface area contributed by atoms with Gasteiger partial charge in [0.2, 0.25) is 10.0 Å². The van der Waals surface area contributed by atoms with Gasteiger partial charge in [0.1, 0.15) is 0 Å². The van der Waals surface area contributed by atoms with Crippen LogP contribution in [0.15, 0.2) is 29.2 Å². The Morgan fingerprint density at radius 2 is 1.82 bits per heavy atom. The van der Waals surface area contributed by atoms with Crippen molar-refractivity contribution < 1.29 is 18.0 Å². The van der Waals surface area contributed by atoms with Gasteiger partial charge in [-0.2, -0.15) is 0 Å². The Labute approximate surface area is 167 Å². The molecule has 28 heavy (non-hydrogen) atoms. The normalized spacial score (nSPS) is 15.9. The highest BCUT2D eigenvalue weighted by Gasteiger charge is 2.28. The van der Waals surface area contributed by atoms with Crippen LogP contribution < -0.4 is 15.6 Å². The van der Waals surface area contributed by atoms with Crippen LogP contribution in [0, 0.1) is 6.92 Å². The topological polar surface area (TPSA) is 104 Å². The molecule has 0 spiro atoms. The summed E-state index contributed by atoms with van der Waals surface area (Å²) in [4.78, 5) is 26.7. The van der Waals surface area contributed by atoms with E-state index in [1.54, 1.807) is 13.0 Å². The Balaban J connectivity index is 1.45. The van der Waals surface area contributed by atoms with Crippen LogP contribution in [-0.4, -0.2) is 26.3 Å². The molecule has 0 aliphatic heterocycles. The predicted octanol–water partition coefficient (Wildman–Crippen LogP) is 2.06. The summed E-state index contributed by atoms with van der Waals surface area (Å²) in [7, 11) is -3.66. The molecule has 1 saturated carbocycles. The van der Waals surface area contributed by atoms with E-state index in [2.05, 4.69) is 15.6 Å². The number of carbonyl (C=O) groups is 2. The largest absolute Gasteiger partial charge is 0.279 e. The van der Waals surface area contributed by atoms with Crippen LogP contribution in [0.2, 0.25) is 0 Å². The number of nitrogens with one attached hydrogen (secondary N) is 3. The molecule has 9 heteroatoms. The minimum absolute atomic E-state index is 0.0183. The number of carbonyl (C=O) groups excluding carboxylic acids is 2. The first-order valence-electron chi connectivity index (χ1n) is 9.19. The van der Waals surface area contributed by atoms with Crippen LogP contribution in [0.3, 0.4) is 0 Å². The van der Waals surface area contributed by atoms with Crippen molar-refractivity contribution in [3.05, 3.63) is 50.7 Å². The van der Waals surface area contributed by atoms with Gasteiger partial charge < -0.3 is 0 Å². The minimum atomic E-state index is -3.66. The lowest BCUT2D eigenvalue weighted by molar-refractivity contribution is 0.0848. The minimum Gasteiger partial charge on any atom is -0.267 e. The van der Waals surface area contributed by atoms with Crippen LogP contribution in [0.1, 0.15) is 55.3 Å². The molecule has 0 atom stereocenters. The van der Waals surface area contributed by atoms with Crippen molar-refractivity contribution >= 4 is 33.2 Å². The molecule has 4 rings (SSSR count). The lowest BCUT2D eigenvalue weighted by Crippen LogP contribution is -2.41. The molecule has 1 fully saturated rings. The molecule has 0 bridgehead atoms. The molecule has 1 heterocycles. The van der Waals surface area contributed by atoms with Crippen molar-refractivity contribution in [2.24, 2.45) is 0 Å². The standard InChI is InChI=1S/C19H21N3O4S2/c1-11-5-8-14(28(25,26)22-13-6-7-13)10-15(11)18(23)20-21-19(24)17-9-12-3-2-4-16(12)27-17/h5,8-10,13,22H,2-4,6-7H2,1H3,(H,20,23)(H,21,24). The van der Waals surface area contributed by atoms with E-state index >= 15 is 0 Å². The van der Waals surface area contributed by atoms with Gasteiger partial charge in [-0.3, -0.25) is 20.4 Å². The van der Waals surface area contributed by atoms with E-state index in [0.717, 1.165) is 32.1 Å². The number of hydrazine groups is 1. The Hall–Kier alpha value is -2.23. The molecular weight excluding hydrogens is 398 g/mol. The van der Waals surface area contributed by atoms with Gasteiger partial charge >= 0.3 is 0 Å². The summed E-state index contributed by atoms with van der Waals surface area (Å²) in [6.07, 6.45) is 4.76. The SMILES string of the molecule is Cc1ccc(S(=O)(=O)NC2CC2)cc1C(=O)NNC(=O)c1cc2c(s1)CCC2. The number of thiophene rings is 1. The Bertz CT molecular complexity index is 1030. The van der Waals surface area contributed by atoms with E-state index < -0.39 is 15.9 Å². The number of benzene rings is 1. The maximum atomic E-state index is 12.5. The van der Waals surface area contributed by atoms with E-state index in [9.17, 15) is 18.0 Å². The Kier molecular flexibility index (Phi) is 4.98. The van der Waals surface area contributed by atoms with Crippen molar-refractivity contribution in [2.75, 3.05) is 0 Å². The molecule has 0 radical (unpaired) electrons. The highest BCUT2D eigenvalue weighted by molar-refractivity contribution is 7.89. The van der Waals surface area contributed by atoms with Gasteiger partial charge in [0.15, 0.2) is 0 Å². The fourth-order valence-electron chi connectivity index (χ4n) is 3.18. The predicted molar refractivity (Wildman–Crippen MR) is 106 cm³/mol. The molecule has 2 aromatic rings. The van der Waals surface area contributed by atoms with Crippen molar-refractivity contribution in [1.29, 1.82) is 0 Å². The van der Waals surface area contributed by atoms with E-state index in [0.29, 0.717) is 10.4 Å². The molecule has 148 valence electrons. The second-order valence-corrected chi connectivity index (χ2v) is 10.0. The molecule has 0 unspecified atom stereocenters. The number of aryl methyl sites for hydroxylation is 3. The summed E-state index contributed by atoms with van der Waals surface area (Å²) >= 11 is 1.45. The van der Waals surface area contributed by atoms with Gasteiger partial charge in [0.05, 0.1) is 9.77 Å². The summed E-state index contributed by atoms with van der Waals surface area (Å²) in [6.45, 7) is 1.71. The molecule has 7 nitrogen and oxygen atoms in total. The summed E-state index contributed by atoms with van der Waals surface area (Å²) in [6, 6.07) is 6.25. The highest BCUT2D eigenvalue weighted by Crippen LogP contribution is 2.30. The average Bonchev–Trinajstić information content (AvgIpc) is 3.18. The van der Waals surface area contributed by atoms with Crippen molar-refractivity contribution in [2.45, 2.75) is 50.0 Å². The van der Waals surface area contributed by atoms with Crippen LogP contribution in [0.5, 0.6) is 0 Å². The molecule has 3 N–H and O–H groups in total. The van der Waals surface area contributed by atoms with E-state index in [1.165, 1.54) is 33.9 Å². The fourth-order valence-corrected chi connectivity index (χ4v) is 5.66. The number of fused-ring (bicyclic) bond motifs is 1. The first kappa shape index (κ1) is 19.1.